The molecule has 0 saturated heterocycles. The van der Waals surface area contributed by atoms with E-state index in [4.69, 9.17) is 9.52 Å². The van der Waals surface area contributed by atoms with Gasteiger partial charge in [0.15, 0.2) is 0 Å². The van der Waals surface area contributed by atoms with Crippen LogP contribution in [0.5, 0.6) is 0 Å². The summed E-state index contributed by atoms with van der Waals surface area (Å²) < 4.78 is 5.23. The van der Waals surface area contributed by atoms with Gasteiger partial charge in [-0.1, -0.05) is 6.07 Å². The van der Waals surface area contributed by atoms with Crippen LogP contribution < -0.4 is 5.32 Å². The third kappa shape index (κ3) is 3.25. The molecule has 1 heterocycles. The Labute approximate surface area is 122 Å². The van der Waals surface area contributed by atoms with Crippen LogP contribution in [-0.4, -0.2) is 28.8 Å². The van der Waals surface area contributed by atoms with Crippen molar-refractivity contribution in [1.29, 1.82) is 0 Å². The molecule has 21 heavy (non-hydrogen) atoms. The fraction of sp³-hybridized carbons (Fsp3) is 0.438. The molecule has 5 nitrogen and oxygen atoms in total. The van der Waals surface area contributed by atoms with E-state index in [0.717, 1.165) is 43.3 Å². The van der Waals surface area contributed by atoms with Gasteiger partial charge in [0, 0.05) is 11.9 Å². The molecule has 1 fully saturated rings. The maximum atomic E-state index is 10.9. The van der Waals surface area contributed by atoms with Gasteiger partial charge in [-0.2, -0.15) is 0 Å². The summed E-state index contributed by atoms with van der Waals surface area (Å²) in [7, 11) is 0. The third-order valence-electron chi connectivity index (χ3n) is 4.07. The maximum Gasteiger partial charge on any atom is 0.371 e. The molecule has 0 spiro atoms. The van der Waals surface area contributed by atoms with Gasteiger partial charge >= 0.3 is 5.97 Å². The zero-order chi connectivity index (χ0) is 14.8. The number of furan rings is 1. The molecule has 1 aliphatic carbocycles. The highest BCUT2D eigenvalue weighted by atomic mass is 16.4. The Kier molecular flexibility index (Phi) is 3.94. The first kappa shape index (κ1) is 14.1. The first-order valence-corrected chi connectivity index (χ1v) is 7.26. The molecule has 112 valence electrons. The lowest BCUT2D eigenvalue weighted by Crippen LogP contribution is -2.21. The zero-order valence-electron chi connectivity index (χ0n) is 11.7. The first-order chi connectivity index (χ1) is 10.1. The van der Waals surface area contributed by atoms with Crippen LogP contribution in [0.25, 0.3) is 11.0 Å². The van der Waals surface area contributed by atoms with Crippen molar-refractivity contribution in [2.45, 2.75) is 31.9 Å². The second-order valence-electron chi connectivity index (χ2n) is 5.75. The lowest BCUT2D eigenvalue weighted by Gasteiger charge is -2.10. The zero-order valence-corrected chi connectivity index (χ0v) is 11.7. The number of aromatic carboxylic acids is 1. The highest BCUT2D eigenvalue weighted by Crippen LogP contribution is 2.25. The topological polar surface area (TPSA) is 82.7 Å². The number of carboxylic acids is 1. The van der Waals surface area contributed by atoms with Crippen LogP contribution in [0.1, 0.15) is 35.4 Å². The molecule has 1 aliphatic rings. The first-order valence-electron chi connectivity index (χ1n) is 7.26. The summed E-state index contributed by atoms with van der Waals surface area (Å²) in [5, 5.41) is 22.6. The van der Waals surface area contributed by atoms with Crippen molar-refractivity contribution in [1.82, 2.24) is 5.32 Å². The Morgan fingerprint density at radius 2 is 2.19 bits per heavy atom. The average molecular weight is 289 g/mol. The minimum Gasteiger partial charge on any atom is -0.475 e. The van der Waals surface area contributed by atoms with Gasteiger partial charge in [0.05, 0.1) is 6.10 Å². The van der Waals surface area contributed by atoms with E-state index < -0.39 is 5.97 Å². The lowest BCUT2D eigenvalue weighted by molar-refractivity contribution is 0.0665. The number of aliphatic hydroxyl groups excluding tert-OH is 1. The minimum atomic E-state index is -1.05. The molecule has 3 N–H and O–H groups in total. The molecule has 0 radical (unpaired) electrons. The van der Waals surface area contributed by atoms with E-state index in [9.17, 15) is 9.90 Å². The quantitative estimate of drug-likeness (QED) is 0.787. The van der Waals surface area contributed by atoms with Gasteiger partial charge in [0.2, 0.25) is 5.76 Å². The number of carboxylic acid groups (broad SMARTS) is 1. The van der Waals surface area contributed by atoms with Crippen molar-refractivity contribution in [3.8, 4) is 0 Å². The number of fused-ring (bicyclic) bond motifs is 1. The summed E-state index contributed by atoms with van der Waals surface area (Å²) in [6, 6.07) is 7.24. The molecule has 3 rings (SSSR count). The summed E-state index contributed by atoms with van der Waals surface area (Å²) in [5.74, 6) is -0.531. The molecule has 1 saturated carbocycles. The van der Waals surface area contributed by atoms with Gasteiger partial charge in [0.25, 0.3) is 0 Å². The van der Waals surface area contributed by atoms with Crippen LogP contribution in [-0.2, 0) is 6.54 Å². The van der Waals surface area contributed by atoms with Gasteiger partial charge in [-0.25, -0.2) is 4.79 Å². The summed E-state index contributed by atoms with van der Waals surface area (Å²) >= 11 is 0. The SMILES string of the molecule is O=C(O)c1cc2cc(CNCC3CCC(O)C3)ccc2o1. The highest BCUT2D eigenvalue weighted by Gasteiger charge is 2.22. The molecule has 0 bridgehead atoms. The molecule has 0 amide bonds. The van der Waals surface area contributed by atoms with Crippen LogP contribution in [0, 0.1) is 5.92 Å². The van der Waals surface area contributed by atoms with Crippen molar-refractivity contribution >= 4 is 16.9 Å². The van der Waals surface area contributed by atoms with Crippen molar-refractivity contribution in [2.75, 3.05) is 6.54 Å². The second kappa shape index (κ2) is 5.87. The van der Waals surface area contributed by atoms with Crippen LogP contribution in [0.2, 0.25) is 0 Å². The molecule has 1 aromatic heterocycles. The number of rotatable bonds is 5. The monoisotopic (exact) mass is 289 g/mol. The van der Waals surface area contributed by atoms with Gasteiger partial charge in [-0.05, 0) is 55.5 Å². The van der Waals surface area contributed by atoms with E-state index in [-0.39, 0.29) is 11.9 Å². The molecule has 2 atom stereocenters. The Bertz CT molecular complexity index is 649. The molecule has 1 aromatic carbocycles. The van der Waals surface area contributed by atoms with Crippen molar-refractivity contribution in [3.05, 3.63) is 35.6 Å². The minimum absolute atomic E-state index is 0.0324. The van der Waals surface area contributed by atoms with Crippen LogP contribution in [0.3, 0.4) is 0 Å². The fourth-order valence-corrected chi connectivity index (χ4v) is 2.96. The van der Waals surface area contributed by atoms with Gasteiger partial charge in [0.1, 0.15) is 5.58 Å². The van der Waals surface area contributed by atoms with E-state index in [0.29, 0.717) is 11.5 Å². The number of benzene rings is 1. The summed E-state index contributed by atoms with van der Waals surface area (Å²) in [6.45, 7) is 1.64. The predicted molar refractivity (Wildman–Crippen MR) is 78.2 cm³/mol. The van der Waals surface area contributed by atoms with Crippen molar-refractivity contribution in [2.24, 2.45) is 5.92 Å². The molecule has 2 unspecified atom stereocenters. The van der Waals surface area contributed by atoms with Gasteiger partial charge in [-0.3, -0.25) is 0 Å². The Morgan fingerprint density at radius 3 is 2.90 bits per heavy atom. The van der Waals surface area contributed by atoms with E-state index >= 15 is 0 Å². The Balaban J connectivity index is 1.60. The number of carbonyl (C=O) groups is 1. The summed E-state index contributed by atoms with van der Waals surface area (Å²) in [4.78, 5) is 10.9. The van der Waals surface area contributed by atoms with E-state index in [1.165, 1.54) is 0 Å². The third-order valence-corrected chi connectivity index (χ3v) is 4.07. The highest BCUT2D eigenvalue weighted by molar-refractivity contribution is 5.91. The van der Waals surface area contributed by atoms with Crippen LogP contribution >= 0.6 is 0 Å². The molecule has 0 aliphatic heterocycles. The number of aliphatic hydroxyl groups is 1. The molecule has 5 heteroatoms. The summed E-state index contributed by atoms with van der Waals surface area (Å²) in [5.41, 5.74) is 1.69. The summed E-state index contributed by atoms with van der Waals surface area (Å²) in [6.07, 6.45) is 2.74. The van der Waals surface area contributed by atoms with E-state index in [1.807, 2.05) is 12.1 Å². The Morgan fingerprint density at radius 1 is 1.33 bits per heavy atom. The standard InChI is InChI=1S/C16H19NO4/c18-13-3-1-11(6-13)9-17-8-10-2-4-14-12(5-10)7-15(21-14)16(19)20/h2,4-5,7,11,13,17-18H,1,3,6,8-9H2,(H,19,20). The van der Waals surface area contributed by atoms with E-state index in [2.05, 4.69) is 5.32 Å². The number of nitrogens with one attached hydrogen (secondary N) is 1. The van der Waals surface area contributed by atoms with Gasteiger partial charge < -0.3 is 19.9 Å². The van der Waals surface area contributed by atoms with Crippen molar-refractivity contribution in [3.63, 3.8) is 0 Å². The Hall–Kier alpha value is -1.85. The smallest absolute Gasteiger partial charge is 0.371 e. The molecule has 2 aromatic rings. The molecular formula is C16H19NO4. The largest absolute Gasteiger partial charge is 0.475 e. The fourth-order valence-electron chi connectivity index (χ4n) is 2.96. The van der Waals surface area contributed by atoms with Crippen molar-refractivity contribution < 1.29 is 19.4 Å². The molecular weight excluding hydrogens is 270 g/mol. The predicted octanol–water partition coefficient (Wildman–Crippen LogP) is 2.38. The maximum absolute atomic E-state index is 10.9. The van der Waals surface area contributed by atoms with Crippen LogP contribution in [0.15, 0.2) is 28.7 Å². The van der Waals surface area contributed by atoms with Gasteiger partial charge in [-0.15, -0.1) is 0 Å². The van der Waals surface area contributed by atoms with Crippen LogP contribution in [0.4, 0.5) is 0 Å². The number of hydrogen-bond donors (Lipinski definition) is 3. The number of hydrogen-bond acceptors (Lipinski definition) is 4. The second-order valence-corrected chi connectivity index (χ2v) is 5.75. The van der Waals surface area contributed by atoms with E-state index in [1.54, 1.807) is 12.1 Å². The average Bonchev–Trinajstić information content (AvgIpc) is 3.04. The normalized spacial score (nSPS) is 22.0. The lowest BCUT2D eigenvalue weighted by atomic mass is 10.1.